The average Bonchev–Trinajstić information content (AvgIpc) is 2.72. The summed E-state index contributed by atoms with van der Waals surface area (Å²) in [6.45, 7) is 0. The molecule has 2 aromatic carbocycles. The number of benzene rings is 2. The molecule has 0 unspecified atom stereocenters. The van der Waals surface area contributed by atoms with E-state index in [1.807, 2.05) is 12.1 Å². The van der Waals surface area contributed by atoms with Crippen LogP contribution in [0.4, 0.5) is 0 Å². The van der Waals surface area contributed by atoms with Crippen molar-refractivity contribution in [1.29, 1.82) is 0 Å². The highest BCUT2D eigenvalue weighted by molar-refractivity contribution is 5.94. The maximum absolute atomic E-state index is 11.6. The molecule has 2 aromatic rings. The van der Waals surface area contributed by atoms with Crippen LogP contribution in [0.25, 0.3) is 0 Å². The Kier molecular flexibility index (Phi) is 4.74. The third-order valence-electron chi connectivity index (χ3n) is 7.07. The fraction of sp³-hybridized carbons (Fsp3) is 0.385. The van der Waals surface area contributed by atoms with Gasteiger partial charge in [-0.3, -0.25) is 0 Å². The minimum absolute atomic E-state index is 0.00328. The monoisotopic (exact) mass is 416 g/mol. The van der Waals surface area contributed by atoms with Gasteiger partial charge in [0, 0.05) is 5.41 Å². The van der Waals surface area contributed by atoms with E-state index in [0.717, 1.165) is 17.8 Å². The molecule has 4 bridgehead atoms. The molecule has 4 aliphatic carbocycles. The van der Waals surface area contributed by atoms with Gasteiger partial charge in [-0.25, -0.2) is 9.59 Å². The first-order chi connectivity index (χ1) is 14.9. The van der Waals surface area contributed by atoms with Gasteiger partial charge in [0.2, 0.25) is 0 Å². The van der Waals surface area contributed by atoms with E-state index in [1.54, 1.807) is 12.1 Å². The second kappa shape index (κ2) is 7.46. The standard InChI is InChI=1S/C26H24O5/c27-24(28)20-5-6-21(25(29)30)23(12-20)31-22-4-2-1-3-19(22)7-8-26-13-16-9-17(14-26)11-18(10-16)15-26/h1-6,12,16-18H,9-11,13-15H2,(H,27,28)(H,29,30). The third-order valence-corrected chi connectivity index (χ3v) is 7.07. The van der Waals surface area contributed by atoms with Crippen LogP contribution in [0, 0.1) is 35.0 Å². The molecule has 5 nitrogen and oxygen atoms in total. The smallest absolute Gasteiger partial charge is 0.339 e. The van der Waals surface area contributed by atoms with Crippen molar-refractivity contribution in [2.75, 3.05) is 0 Å². The lowest BCUT2D eigenvalue weighted by atomic mass is 9.50. The van der Waals surface area contributed by atoms with E-state index < -0.39 is 11.9 Å². The van der Waals surface area contributed by atoms with Crippen LogP contribution >= 0.6 is 0 Å². The number of hydrogen-bond donors (Lipinski definition) is 2. The Hall–Kier alpha value is -3.26. The first kappa shape index (κ1) is 19.7. The third kappa shape index (κ3) is 3.79. The highest BCUT2D eigenvalue weighted by Gasteiger charge is 2.50. The highest BCUT2D eigenvalue weighted by atomic mass is 16.5. The number of rotatable bonds is 4. The van der Waals surface area contributed by atoms with Crippen molar-refractivity contribution < 1.29 is 24.5 Å². The largest absolute Gasteiger partial charge is 0.478 e. The summed E-state index contributed by atoms with van der Waals surface area (Å²) in [6.07, 6.45) is 7.62. The van der Waals surface area contributed by atoms with E-state index in [1.165, 1.54) is 56.7 Å². The van der Waals surface area contributed by atoms with Crippen molar-refractivity contribution in [3.63, 3.8) is 0 Å². The topological polar surface area (TPSA) is 83.8 Å². The van der Waals surface area contributed by atoms with Crippen molar-refractivity contribution in [1.82, 2.24) is 0 Å². The molecule has 0 amide bonds. The van der Waals surface area contributed by atoms with Crippen LogP contribution in [0.1, 0.15) is 64.8 Å². The van der Waals surface area contributed by atoms with Gasteiger partial charge < -0.3 is 14.9 Å². The molecule has 0 atom stereocenters. The van der Waals surface area contributed by atoms with Crippen LogP contribution in [0.5, 0.6) is 11.5 Å². The zero-order valence-electron chi connectivity index (χ0n) is 17.1. The number of carbonyl (C=O) groups is 2. The van der Waals surface area contributed by atoms with Gasteiger partial charge in [0.15, 0.2) is 0 Å². The Labute approximate surface area is 181 Å². The minimum atomic E-state index is -1.18. The fourth-order valence-electron chi connectivity index (χ4n) is 6.16. The maximum Gasteiger partial charge on any atom is 0.339 e. The molecule has 2 N–H and O–H groups in total. The van der Waals surface area contributed by atoms with Gasteiger partial charge in [0.25, 0.3) is 0 Å². The molecular formula is C26H24O5. The van der Waals surface area contributed by atoms with Gasteiger partial charge in [-0.2, -0.15) is 0 Å². The molecule has 31 heavy (non-hydrogen) atoms. The predicted molar refractivity (Wildman–Crippen MR) is 114 cm³/mol. The fourth-order valence-corrected chi connectivity index (χ4v) is 6.16. The molecule has 4 fully saturated rings. The Balaban J connectivity index is 1.47. The van der Waals surface area contributed by atoms with Crippen molar-refractivity contribution in [3.05, 3.63) is 59.2 Å². The van der Waals surface area contributed by atoms with Crippen molar-refractivity contribution in [2.45, 2.75) is 38.5 Å². The number of aromatic carboxylic acids is 2. The minimum Gasteiger partial charge on any atom is -0.478 e. The summed E-state index contributed by atoms with van der Waals surface area (Å²) in [6, 6.07) is 11.0. The van der Waals surface area contributed by atoms with Crippen LogP contribution in [-0.2, 0) is 0 Å². The van der Waals surface area contributed by atoms with Gasteiger partial charge in [0.1, 0.15) is 17.1 Å². The van der Waals surface area contributed by atoms with E-state index >= 15 is 0 Å². The lowest BCUT2D eigenvalue weighted by Gasteiger charge is -2.54. The SMILES string of the molecule is O=C(O)c1ccc(C(=O)O)c(Oc2ccccc2C#CC23CC4CC(CC(C4)C2)C3)c1. The molecule has 4 aliphatic rings. The molecule has 0 heterocycles. The van der Waals surface area contributed by atoms with Crippen LogP contribution in [0.2, 0.25) is 0 Å². The van der Waals surface area contributed by atoms with Crippen LogP contribution in [-0.4, -0.2) is 22.2 Å². The number of hydrogen-bond acceptors (Lipinski definition) is 3. The molecule has 0 spiro atoms. The summed E-state index contributed by atoms with van der Waals surface area (Å²) in [5.74, 6) is 7.47. The molecular weight excluding hydrogens is 392 g/mol. The lowest BCUT2D eigenvalue weighted by molar-refractivity contribution is -0.0181. The normalized spacial score (nSPS) is 27.9. The summed E-state index contributed by atoms with van der Waals surface area (Å²) >= 11 is 0. The van der Waals surface area contributed by atoms with E-state index in [0.29, 0.717) is 11.3 Å². The van der Waals surface area contributed by atoms with Crippen molar-refractivity contribution >= 4 is 11.9 Å². The van der Waals surface area contributed by atoms with Gasteiger partial charge in [-0.05, 0) is 86.6 Å². The second-order valence-corrected chi connectivity index (χ2v) is 9.37. The zero-order chi connectivity index (χ0) is 21.6. The number of carboxylic acid groups (broad SMARTS) is 2. The lowest BCUT2D eigenvalue weighted by Crippen LogP contribution is -2.45. The molecule has 158 valence electrons. The molecule has 6 rings (SSSR count). The van der Waals surface area contributed by atoms with Gasteiger partial charge in [-0.15, -0.1) is 0 Å². The van der Waals surface area contributed by atoms with E-state index in [-0.39, 0.29) is 22.3 Å². The highest BCUT2D eigenvalue weighted by Crippen LogP contribution is 2.59. The first-order valence-corrected chi connectivity index (χ1v) is 10.8. The number of para-hydroxylation sites is 1. The Morgan fingerprint density at radius 3 is 2.13 bits per heavy atom. The number of ether oxygens (including phenoxy) is 1. The molecule has 0 radical (unpaired) electrons. The second-order valence-electron chi connectivity index (χ2n) is 9.37. The summed E-state index contributed by atoms with van der Waals surface area (Å²) in [7, 11) is 0. The van der Waals surface area contributed by atoms with Crippen molar-refractivity contribution in [3.8, 4) is 23.3 Å². The van der Waals surface area contributed by atoms with Gasteiger partial charge in [0.05, 0.1) is 11.1 Å². The van der Waals surface area contributed by atoms with Gasteiger partial charge >= 0.3 is 11.9 Å². The van der Waals surface area contributed by atoms with Crippen LogP contribution in [0.15, 0.2) is 42.5 Å². The number of carboxylic acids is 2. The Bertz CT molecular complexity index is 1080. The summed E-state index contributed by atoms with van der Waals surface area (Å²) in [5, 5.41) is 18.8. The van der Waals surface area contributed by atoms with E-state index in [2.05, 4.69) is 11.8 Å². The predicted octanol–water partition coefficient (Wildman–Crippen LogP) is 5.44. The van der Waals surface area contributed by atoms with Crippen LogP contribution < -0.4 is 4.74 Å². The van der Waals surface area contributed by atoms with Crippen molar-refractivity contribution in [2.24, 2.45) is 23.2 Å². The summed E-state index contributed by atoms with van der Waals surface area (Å²) in [4.78, 5) is 22.9. The Morgan fingerprint density at radius 2 is 1.52 bits per heavy atom. The van der Waals surface area contributed by atoms with Gasteiger partial charge in [-0.1, -0.05) is 24.0 Å². The van der Waals surface area contributed by atoms with E-state index in [4.69, 9.17) is 4.74 Å². The zero-order valence-corrected chi connectivity index (χ0v) is 17.1. The molecule has 0 aliphatic heterocycles. The first-order valence-electron chi connectivity index (χ1n) is 10.8. The quantitative estimate of drug-likeness (QED) is 0.648. The van der Waals surface area contributed by atoms with Crippen LogP contribution in [0.3, 0.4) is 0 Å². The average molecular weight is 416 g/mol. The molecule has 4 saturated carbocycles. The maximum atomic E-state index is 11.6. The Morgan fingerprint density at radius 1 is 0.871 bits per heavy atom. The molecule has 5 heteroatoms. The summed E-state index contributed by atoms with van der Waals surface area (Å²) < 4.78 is 5.92. The molecule has 0 aromatic heterocycles. The molecule has 0 saturated heterocycles. The van der Waals surface area contributed by atoms with E-state index in [9.17, 15) is 19.8 Å². The summed E-state index contributed by atoms with van der Waals surface area (Å²) in [5.41, 5.74) is 0.665.